The van der Waals surface area contributed by atoms with Crippen molar-refractivity contribution in [3.8, 4) is 16.2 Å². The third-order valence-electron chi connectivity index (χ3n) is 6.29. The molecule has 0 atom stereocenters. The van der Waals surface area contributed by atoms with Crippen molar-refractivity contribution >= 4 is 39.3 Å². The zero-order valence-corrected chi connectivity index (χ0v) is 23.7. The zero-order chi connectivity index (χ0) is 27.2. The van der Waals surface area contributed by atoms with E-state index in [1.165, 1.54) is 11.3 Å². The number of carbonyl (C=O) groups is 1. The molecule has 2 aromatic carbocycles. The molecule has 0 amide bonds. The van der Waals surface area contributed by atoms with Crippen LogP contribution in [0.4, 0.5) is 0 Å². The summed E-state index contributed by atoms with van der Waals surface area (Å²) in [7, 11) is 0. The highest BCUT2D eigenvalue weighted by Gasteiger charge is 2.23. The Bertz CT molecular complexity index is 1550. The first-order valence-electron chi connectivity index (χ1n) is 12.7. The van der Waals surface area contributed by atoms with Gasteiger partial charge in [0.25, 0.3) is 5.56 Å². The lowest BCUT2D eigenvalue weighted by Gasteiger charge is -2.13. The summed E-state index contributed by atoms with van der Waals surface area (Å²) in [6, 6.07) is 15.7. The van der Waals surface area contributed by atoms with E-state index in [1.807, 2.05) is 61.7 Å². The van der Waals surface area contributed by atoms with Gasteiger partial charge in [-0.05, 0) is 73.5 Å². The Morgan fingerprint density at radius 1 is 1.03 bits per heavy atom. The van der Waals surface area contributed by atoms with Crippen molar-refractivity contribution in [3.05, 3.63) is 80.5 Å². The second-order valence-electron chi connectivity index (χ2n) is 8.84. The molecule has 0 unspecified atom stereocenters. The van der Waals surface area contributed by atoms with Crippen molar-refractivity contribution in [1.29, 1.82) is 0 Å². The van der Waals surface area contributed by atoms with Crippen LogP contribution in [0.5, 0.6) is 5.75 Å². The quantitative estimate of drug-likeness (QED) is 0.135. The van der Waals surface area contributed by atoms with Gasteiger partial charge >= 0.3 is 11.7 Å². The van der Waals surface area contributed by atoms with Gasteiger partial charge in [-0.2, -0.15) is 0 Å². The van der Waals surface area contributed by atoms with Crippen molar-refractivity contribution in [3.63, 3.8) is 0 Å². The van der Waals surface area contributed by atoms with Gasteiger partial charge in [-0.1, -0.05) is 31.5 Å². The number of aromatic nitrogens is 2. The summed E-state index contributed by atoms with van der Waals surface area (Å²) in [6.45, 7) is 6.39. The summed E-state index contributed by atoms with van der Waals surface area (Å²) in [6.07, 6.45) is 4.05. The first-order chi connectivity index (χ1) is 18.4. The van der Waals surface area contributed by atoms with Crippen LogP contribution in [0.1, 0.15) is 37.8 Å². The second-order valence-corrected chi connectivity index (χ2v) is 10.7. The first kappa shape index (κ1) is 27.7. The average Bonchev–Trinajstić information content (AvgIpc) is 3.27. The number of esters is 1. The number of nitrogens with zero attached hydrogens (tertiary/aromatic N) is 2. The molecule has 200 valence electrons. The maximum absolute atomic E-state index is 13.7. The Morgan fingerprint density at radius 3 is 2.45 bits per heavy atom. The fraction of sp³-hybridized carbons (Fsp3) is 0.345. The predicted octanol–water partition coefficient (Wildman–Crippen LogP) is 5.71. The molecule has 0 fully saturated rings. The van der Waals surface area contributed by atoms with Crippen LogP contribution in [-0.4, -0.2) is 34.6 Å². The molecule has 2 heterocycles. The third-order valence-corrected chi connectivity index (χ3v) is 8.49. The fourth-order valence-corrected chi connectivity index (χ4v) is 6.23. The highest BCUT2D eigenvalue weighted by molar-refractivity contribution is 7.98. The molecule has 0 aliphatic carbocycles. The van der Waals surface area contributed by atoms with Crippen LogP contribution in [0.3, 0.4) is 0 Å². The normalized spacial score (nSPS) is 11.2. The summed E-state index contributed by atoms with van der Waals surface area (Å²) in [5, 5.41) is 0.443. The molecule has 0 bridgehead atoms. The molecule has 2 aromatic heterocycles. The van der Waals surface area contributed by atoms with Gasteiger partial charge in [-0.25, -0.2) is 9.36 Å². The minimum absolute atomic E-state index is 0.172. The maximum Gasteiger partial charge on any atom is 0.332 e. The summed E-state index contributed by atoms with van der Waals surface area (Å²) < 4.78 is 13.5. The van der Waals surface area contributed by atoms with E-state index in [0.717, 1.165) is 49.6 Å². The van der Waals surface area contributed by atoms with Gasteiger partial charge in [0.1, 0.15) is 17.1 Å². The number of carbonyl (C=O) groups excluding carboxylic acids is 1. The number of benzene rings is 2. The van der Waals surface area contributed by atoms with Gasteiger partial charge in [0.2, 0.25) is 0 Å². The Morgan fingerprint density at radius 2 is 1.76 bits per heavy atom. The van der Waals surface area contributed by atoms with Crippen LogP contribution < -0.4 is 16.0 Å². The number of thioether (sulfide) groups is 1. The van der Waals surface area contributed by atoms with E-state index in [1.54, 1.807) is 23.3 Å². The minimum Gasteiger partial charge on any atom is -0.494 e. The lowest BCUT2D eigenvalue weighted by atomic mass is 10.1. The number of aryl methyl sites for hydroxylation is 1. The Hall–Kier alpha value is -3.30. The topological polar surface area (TPSA) is 79.5 Å². The van der Waals surface area contributed by atoms with Crippen molar-refractivity contribution < 1.29 is 14.3 Å². The molecule has 9 heteroatoms. The molecular weight excluding hydrogens is 520 g/mol. The molecule has 7 nitrogen and oxygen atoms in total. The SMILES string of the molecule is CCCCOc1ccc(-c2sc3c(c2C)c(=O)n(CC(=O)OCC)c(=O)n3Cc2ccccc2SC)cc1. The van der Waals surface area contributed by atoms with Crippen LogP contribution in [0, 0.1) is 6.92 Å². The molecule has 0 N–H and O–H groups in total. The number of fused-ring (bicyclic) bond motifs is 1. The number of rotatable bonds is 11. The number of thiophene rings is 1. The van der Waals surface area contributed by atoms with Crippen molar-refractivity contribution in [2.24, 2.45) is 0 Å². The van der Waals surface area contributed by atoms with Gasteiger partial charge in [-0.3, -0.25) is 14.2 Å². The lowest BCUT2D eigenvalue weighted by molar-refractivity contribution is -0.143. The fourth-order valence-electron chi connectivity index (χ4n) is 4.33. The number of hydrogen-bond donors (Lipinski definition) is 0. The first-order valence-corrected chi connectivity index (χ1v) is 14.7. The lowest BCUT2D eigenvalue weighted by Crippen LogP contribution is -2.42. The molecular formula is C29H32N2O5S2. The van der Waals surface area contributed by atoms with Gasteiger partial charge in [-0.15, -0.1) is 23.1 Å². The molecule has 4 aromatic rings. The largest absolute Gasteiger partial charge is 0.494 e. The van der Waals surface area contributed by atoms with E-state index < -0.39 is 23.8 Å². The zero-order valence-electron chi connectivity index (χ0n) is 22.1. The molecule has 38 heavy (non-hydrogen) atoms. The summed E-state index contributed by atoms with van der Waals surface area (Å²) >= 11 is 3.01. The number of unbranched alkanes of at least 4 members (excludes halogenated alkanes) is 1. The van der Waals surface area contributed by atoms with Crippen molar-refractivity contribution in [2.75, 3.05) is 19.5 Å². The third kappa shape index (κ3) is 5.73. The van der Waals surface area contributed by atoms with E-state index in [0.29, 0.717) is 16.8 Å². The molecule has 0 radical (unpaired) electrons. The molecule has 0 aliphatic heterocycles. The van der Waals surface area contributed by atoms with Crippen molar-refractivity contribution in [2.45, 2.75) is 51.6 Å². The highest BCUT2D eigenvalue weighted by Crippen LogP contribution is 2.37. The van der Waals surface area contributed by atoms with E-state index in [2.05, 4.69) is 6.92 Å². The Balaban J connectivity index is 1.88. The summed E-state index contributed by atoms with van der Waals surface area (Å²) in [4.78, 5) is 42.1. The highest BCUT2D eigenvalue weighted by atomic mass is 32.2. The van der Waals surface area contributed by atoms with E-state index in [9.17, 15) is 14.4 Å². The Kier molecular flexibility index (Phi) is 9.12. The molecule has 0 saturated heterocycles. The second kappa shape index (κ2) is 12.5. The van der Waals surface area contributed by atoms with Crippen LogP contribution in [-0.2, 0) is 22.6 Å². The molecule has 4 rings (SSSR count). The van der Waals surface area contributed by atoms with Gasteiger partial charge in [0.15, 0.2) is 0 Å². The van der Waals surface area contributed by atoms with Gasteiger partial charge < -0.3 is 9.47 Å². The summed E-state index contributed by atoms with van der Waals surface area (Å²) in [5.74, 6) is 0.178. The molecule has 0 aliphatic rings. The van der Waals surface area contributed by atoms with Gasteiger partial charge in [0.05, 0.1) is 25.1 Å². The number of ether oxygens (including phenoxy) is 2. The van der Waals surface area contributed by atoms with E-state index >= 15 is 0 Å². The van der Waals surface area contributed by atoms with Crippen LogP contribution >= 0.6 is 23.1 Å². The molecule has 0 saturated carbocycles. The average molecular weight is 553 g/mol. The maximum atomic E-state index is 13.7. The van der Waals surface area contributed by atoms with Gasteiger partial charge in [0, 0.05) is 9.77 Å². The number of hydrogen-bond acceptors (Lipinski definition) is 7. The minimum atomic E-state index is -0.617. The van der Waals surface area contributed by atoms with E-state index in [4.69, 9.17) is 9.47 Å². The van der Waals surface area contributed by atoms with Crippen LogP contribution in [0.15, 0.2) is 63.0 Å². The monoisotopic (exact) mass is 552 g/mol. The predicted molar refractivity (Wildman–Crippen MR) is 155 cm³/mol. The van der Waals surface area contributed by atoms with Crippen molar-refractivity contribution in [1.82, 2.24) is 9.13 Å². The van der Waals surface area contributed by atoms with Crippen LogP contribution in [0.2, 0.25) is 0 Å². The van der Waals surface area contributed by atoms with E-state index in [-0.39, 0.29) is 13.2 Å². The summed E-state index contributed by atoms with van der Waals surface area (Å²) in [5.41, 5.74) is 1.67. The molecule has 0 spiro atoms. The van der Waals surface area contributed by atoms with Crippen LogP contribution in [0.25, 0.3) is 20.7 Å². The standard InChI is InChI=1S/C29H32N2O5S2/c1-5-7-16-36-22-14-12-20(13-15-22)26-19(3)25-27(33)30(18-24(32)35-6-2)29(34)31(28(25)38-26)17-21-10-8-9-11-23(21)37-4/h8-15H,5-7,16-18H2,1-4H3. The Labute approximate surface area is 230 Å². The smallest absolute Gasteiger partial charge is 0.332 e.